The number of aryl methyl sites for hydroxylation is 1. The van der Waals surface area contributed by atoms with E-state index in [2.05, 4.69) is 23.7 Å². The molecule has 2 aliphatic rings. The number of ether oxygens (including phenoxy) is 1. The third-order valence-electron chi connectivity index (χ3n) is 4.49. The Balaban J connectivity index is 1.86. The maximum Gasteiger partial charge on any atom is 0.109 e. The molecule has 2 unspecified atom stereocenters. The van der Waals surface area contributed by atoms with Crippen LogP contribution in [0.5, 0.6) is 0 Å². The second-order valence-electron chi connectivity index (χ2n) is 5.83. The molecule has 1 aromatic heterocycles. The summed E-state index contributed by atoms with van der Waals surface area (Å²) in [4.78, 5) is 4.87. The number of nitrogens with one attached hydrogen (secondary N) is 1. The fourth-order valence-corrected chi connectivity index (χ4v) is 3.31. The minimum atomic E-state index is 0.397. The van der Waals surface area contributed by atoms with Crippen LogP contribution in [-0.4, -0.2) is 28.8 Å². The summed E-state index contributed by atoms with van der Waals surface area (Å²) in [6, 6.07) is 0. The fourth-order valence-electron chi connectivity index (χ4n) is 3.31. The molecule has 19 heavy (non-hydrogen) atoms. The smallest absolute Gasteiger partial charge is 0.109 e. The Bertz CT molecular complexity index is 441. The molecule has 0 spiro atoms. The van der Waals surface area contributed by atoms with Crippen molar-refractivity contribution in [2.75, 3.05) is 13.2 Å². The van der Waals surface area contributed by atoms with E-state index >= 15 is 0 Å². The molecule has 1 fully saturated rings. The summed E-state index contributed by atoms with van der Waals surface area (Å²) >= 11 is 0. The van der Waals surface area contributed by atoms with Crippen LogP contribution < -0.4 is 5.32 Å². The normalized spacial score (nSPS) is 26.6. The highest BCUT2D eigenvalue weighted by Crippen LogP contribution is 2.26. The van der Waals surface area contributed by atoms with Crippen LogP contribution in [0.1, 0.15) is 43.9 Å². The highest BCUT2D eigenvalue weighted by Gasteiger charge is 2.27. The summed E-state index contributed by atoms with van der Waals surface area (Å²) in [5, 5.41) is 3.43. The van der Waals surface area contributed by atoms with Crippen LogP contribution in [0.25, 0.3) is 0 Å². The van der Waals surface area contributed by atoms with Gasteiger partial charge in [0.25, 0.3) is 0 Å². The van der Waals surface area contributed by atoms with Gasteiger partial charge in [-0.15, -0.1) is 0 Å². The second-order valence-corrected chi connectivity index (χ2v) is 5.83. The first kappa shape index (κ1) is 13.1. The Kier molecular flexibility index (Phi) is 3.89. The first-order valence-corrected chi connectivity index (χ1v) is 7.69. The molecule has 0 aromatic carbocycles. The molecule has 0 aliphatic carbocycles. The summed E-state index contributed by atoms with van der Waals surface area (Å²) < 4.78 is 8.22. The van der Waals surface area contributed by atoms with E-state index in [0.717, 1.165) is 39.1 Å². The van der Waals surface area contributed by atoms with Crippen molar-refractivity contribution in [2.24, 2.45) is 5.92 Å². The van der Waals surface area contributed by atoms with Gasteiger partial charge in [0.15, 0.2) is 0 Å². The van der Waals surface area contributed by atoms with Crippen molar-refractivity contribution < 1.29 is 4.74 Å². The van der Waals surface area contributed by atoms with Crippen LogP contribution in [0.15, 0.2) is 0 Å². The van der Waals surface area contributed by atoms with Gasteiger partial charge in [-0.1, -0.05) is 6.92 Å². The first-order chi connectivity index (χ1) is 9.29. The summed E-state index contributed by atoms with van der Waals surface area (Å²) in [5.41, 5.74) is 2.75. The topological polar surface area (TPSA) is 39.1 Å². The van der Waals surface area contributed by atoms with Crippen molar-refractivity contribution in [1.82, 2.24) is 14.9 Å². The van der Waals surface area contributed by atoms with E-state index in [0.29, 0.717) is 12.0 Å². The van der Waals surface area contributed by atoms with Crippen LogP contribution in [-0.2, 0) is 30.7 Å². The van der Waals surface area contributed by atoms with Crippen LogP contribution in [0.2, 0.25) is 0 Å². The minimum absolute atomic E-state index is 0.397. The molecule has 2 aliphatic heterocycles. The van der Waals surface area contributed by atoms with Gasteiger partial charge in [-0.3, -0.25) is 0 Å². The van der Waals surface area contributed by atoms with Gasteiger partial charge in [-0.2, -0.15) is 0 Å². The molecule has 0 amide bonds. The lowest BCUT2D eigenvalue weighted by Gasteiger charge is -2.20. The second kappa shape index (κ2) is 5.63. The van der Waals surface area contributed by atoms with Gasteiger partial charge < -0.3 is 14.6 Å². The molecule has 4 heteroatoms. The highest BCUT2D eigenvalue weighted by atomic mass is 16.5. The summed E-state index contributed by atoms with van der Waals surface area (Å²) in [6.07, 6.45) is 4.97. The van der Waals surface area contributed by atoms with Gasteiger partial charge in [-0.25, -0.2) is 4.98 Å². The molecule has 0 saturated carbocycles. The molecule has 1 saturated heterocycles. The summed E-state index contributed by atoms with van der Waals surface area (Å²) in [6.45, 7) is 8.49. The lowest BCUT2D eigenvalue weighted by atomic mass is 10.0. The quantitative estimate of drug-likeness (QED) is 0.902. The summed E-state index contributed by atoms with van der Waals surface area (Å²) in [7, 11) is 0. The van der Waals surface area contributed by atoms with E-state index < -0.39 is 0 Å². The highest BCUT2D eigenvalue weighted by molar-refractivity contribution is 5.20. The lowest BCUT2D eigenvalue weighted by Crippen LogP contribution is -2.27. The Hall–Kier alpha value is -0.870. The van der Waals surface area contributed by atoms with Crippen molar-refractivity contribution in [3.8, 4) is 0 Å². The molecule has 1 aromatic rings. The molecule has 1 N–H and O–H groups in total. The standard InChI is InChI=1S/C15H25N3O/c1-3-4-15-17-13-9-16-7-5-14(13)18(15)10-12-6-8-19-11(12)2/h11-12,16H,3-10H2,1-2H3. The molecular weight excluding hydrogens is 238 g/mol. The van der Waals surface area contributed by atoms with Crippen molar-refractivity contribution in [3.63, 3.8) is 0 Å². The number of fused-ring (bicyclic) bond motifs is 1. The van der Waals surface area contributed by atoms with Gasteiger partial charge in [0.2, 0.25) is 0 Å². The zero-order valence-corrected chi connectivity index (χ0v) is 12.1. The number of nitrogens with zero attached hydrogens (tertiary/aromatic N) is 2. The maximum atomic E-state index is 5.71. The predicted molar refractivity (Wildman–Crippen MR) is 75.2 cm³/mol. The number of hydrogen-bond donors (Lipinski definition) is 1. The largest absolute Gasteiger partial charge is 0.378 e. The maximum absolute atomic E-state index is 5.71. The van der Waals surface area contributed by atoms with E-state index in [9.17, 15) is 0 Å². The van der Waals surface area contributed by atoms with Gasteiger partial charge in [0.05, 0.1) is 11.8 Å². The van der Waals surface area contributed by atoms with E-state index in [4.69, 9.17) is 9.72 Å². The monoisotopic (exact) mass is 263 g/mol. The third kappa shape index (κ3) is 2.56. The van der Waals surface area contributed by atoms with Crippen molar-refractivity contribution in [3.05, 3.63) is 17.2 Å². The predicted octanol–water partition coefficient (Wildman–Crippen LogP) is 1.91. The van der Waals surface area contributed by atoms with Crippen molar-refractivity contribution in [2.45, 2.75) is 58.7 Å². The average molecular weight is 263 g/mol. The van der Waals surface area contributed by atoms with E-state index in [1.54, 1.807) is 0 Å². The Morgan fingerprint density at radius 3 is 3.11 bits per heavy atom. The zero-order chi connectivity index (χ0) is 13.2. The van der Waals surface area contributed by atoms with Gasteiger partial charge >= 0.3 is 0 Å². The molecular formula is C15H25N3O. The molecule has 4 nitrogen and oxygen atoms in total. The molecule has 3 heterocycles. The number of imidazole rings is 1. The van der Waals surface area contributed by atoms with Crippen LogP contribution in [0.3, 0.4) is 0 Å². The van der Waals surface area contributed by atoms with Crippen LogP contribution in [0.4, 0.5) is 0 Å². The average Bonchev–Trinajstić information content (AvgIpc) is 2.96. The fraction of sp³-hybridized carbons (Fsp3) is 0.800. The third-order valence-corrected chi connectivity index (χ3v) is 4.49. The van der Waals surface area contributed by atoms with Crippen LogP contribution >= 0.6 is 0 Å². The van der Waals surface area contributed by atoms with E-state index in [1.807, 2.05) is 0 Å². The van der Waals surface area contributed by atoms with Crippen molar-refractivity contribution >= 4 is 0 Å². The number of rotatable bonds is 4. The minimum Gasteiger partial charge on any atom is -0.378 e. The van der Waals surface area contributed by atoms with Crippen molar-refractivity contribution in [1.29, 1.82) is 0 Å². The Labute approximate surface area is 115 Å². The first-order valence-electron chi connectivity index (χ1n) is 7.69. The molecule has 3 rings (SSSR count). The SMILES string of the molecule is CCCc1nc2c(n1CC1CCOC1C)CCNC2. The lowest BCUT2D eigenvalue weighted by molar-refractivity contribution is 0.101. The summed E-state index contributed by atoms with van der Waals surface area (Å²) in [5.74, 6) is 1.94. The molecule has 0 bridgehead atoms. The van der Waals surface area contributed by atoms with Gasteiger partial charge in [-0.05, 0) is 19.8 Å². The zero-order valence-electron chi connectivity index (χ0n) is 12.1. The Morgan fingerprint density at radius 2 is 2.37 bits per heavy atom. The molecule has 106 valence electrons. The van der Waals surface area contributed by atoms with E-state index in [1.165, 1.54) is 30.1 Å². The van der Waals surface area contributed by atoms with Crippen LogP contribution in [0, 0.1) is 5.92 Å². The molecule has 2 atom stereocenters. The van der Waals surface area contributed by atoms with Gasteiger partial charge in [0, 0.05) is 50.7 Å². The number of hydrogen-bond acceptors (Lipinski definition) is 3. The van der Waals surface area contributed by atoms with E-state index in [-0.39, 0.29) is 0 Å². The Morgan fingerprint density at radius 1 is 1.47 bits per heavy atom. The molecule has 0 radical (unpaired) electrons. The van der Waals surface area contributed by atoms with Gasteiger partial charge in [0.1, 0.15) is 5.82 Å². The number of aromatic nitrogens is 2.